The quantitative estimate of drug-likeness (QED) is 0.132. The molecule has 0 amide bonds. The number of nitrogen functional groups attached to an aromatic ring is 1. The molecule has 8 nitrogen and oxygen atoms in total. The number of carboxylic acids is 1. The monoisotopic (exact) mass is 507 g/mol. The summed E-state index contributed by atoms with van der Waals surface area (Å²) < 4.78 is 5.72. The van der Waals surface area contributed by atoms with Gasteiger partial charge in [-0.15, -0.1) is 0 Å². The van der Waals surface area contributed by atoms with Crippen LogP contribution in [0, 0.1) is 6.92 Å². The number of fused-ring (bicyclic) bond motifs is 3. The fraction of sp³-hybridized carbons (Fsp3) is 0.296. The van der Waals surface area contributed by atoms with E-state index in [1.165, 1.54) is 5.56 Å². The van der Waals surface area contributed by atoms with Crippen LogP contribution in [-0.2, 0) is 24.1 Å². The fourth-order valence-corrected chi connectivity index (χ4v) is 4.67. The van der Waals surface area contributed by atoms with Crippen LogP contribution in [0.4, 0.5) is 5.82 Å². The van der Waals surface area contributed by atoms with Gasteiger partial charge < -0.3 is 25.4 Å². The Kier molecular flexibility index (Phi) is 8.31. The predicted molar refractivity (Wildman–Crippen MR) is 142 cm³/mol. The summed E-state index contributed by atoms with van der Waals surface area (Å²) in [6.07, 6.45) is 4.97. The van der Waals surface area contributed by atoms with Crippen molar-refractivity contribution in [3.05, 3.63) is 70.9 Å². The minimum absolute atomic E-state index is 0.0707. The van der Waals surface area contributed by atoms with Crippen LogP contribution in [0.15, 0.2) is 48.7 Å². The number of hydrogen-bond donors (Lipinski definition) is 4. The van der Waals surface area contributed by atoms with Crippen molar-refractivity contribution in [3.8, 4) is 5.75 Å². The summed E-state index contributed by atoms with van der Waals surface area (Å²) in [6.45, 7) is 2.51. The van der Waals surface area contributed by atoms with Crippen LogP contribution in [-0.4, -0.2) is 43.6 Å². The van der Waals surface area contributed by atoms with E-state index in [0.29, 0.717) is 36.9 Å². The van der Waals surface area contributed by atoms with Gasteiger partial charge in [-0.2, -0.15) is 0 Å². The number of carboxylic acid groups (broad SMARTS) is 1. The zero-order chi connectivity index (χ0) is 25.7. The first-order valence-electron chi connectivity index (χ1n) is 11.9. The van der Waals surface area contributed by atoms with Gasteiger partial charge in [0, 0.05) is 29.6 Å². The van der Waals surface area contributed by atoms with Crippen molar-refractivity contribution in [3.63, 3.8) is 0 Å². The number of rotatable bonds is 11. The first-order chi connectivity index (χ1) is 17.3. The van der Waals surface area contributed by atoms with Crippen molar-refractivity contribution in [2.45, 2.75) is 39.0 Å². The molecule has 0 aliphatic carbocycles. The normalized spacial score (nSPS) is 11.4. The lowest BCUT2D eigenvalue weighted by Gasteiger charge is -2.12. The van der Waals surface area contributed by atoms with Gasteiger partial charge in [-0.25, -0.2) is 4.98 Å². The zero-order valence-corrected chi connectivity index (χ0v) is 21.0. The average Bonchev–Trinajstić information content (AvgIpc) is 2.84. The molecule has 0 aliphatic rings. The minimum Gasteiger partial charge on any atom is -0.494 e. The van der Waals surface area contributed by atoms with Gasteiger partial charge >= 0.3 is 5.97 Å². The maximum Gasteiger partial charge on any atom is 0.303 e. The number of aryl methyl sites for hydroxylation is 4. The lowest BCUT2D eigenvalue weighted by Crippen LogP contribution is -2.01. The second-order valence-electron chi connectivity index (χ2n) is 8.87. The van der Waals surface area contributed by atoms with Crippen LogP contribution < -0.4 is 10.5 Å². The third-order valence-electron chi connectivity index (χ3n) is 6.18. The number of hydrogen-bond acceptors (Lipinski definition) is 7. The molecule has 0 radical (unpaired) electrons. The van der Waals surface area contributed by atoms with Gasteiger partial charge in [-0.05, 0) is 79.1 Å². The minimum atomic E-state index is -1.86. The Morgan fingerprint density at radius 3 is 2.61 bits per heavy atom. The Labute approximate surface area is 210 Å². The van der Waals surface area contributed by atoms with Gasteiger partial charge in [0.15, 0.2) is 14.2 Å². The summed E-state index contributed by atoms with van der Waals surface area (Å²) in [5.41, 5.74) is 12.0. The van der Waals surface area contributed by atoms with E-state index in [-0.39, 0.29) is 6.42 Å². The number of nitrogens with two attached hydrogens (primary N) is 1. The summed E-state index contributed by atoms with van der Waals surface area (Å²) in [4.78, 5) is 38.0. The largest absolute Gasteiger partial charge is 0.494 e. The van der Waals surface area contributed by atoms with E-state index in [4.69, 9.17) is 25.4 Å². The summed E-state index contributed by atoms with van der Waals surface area (Å²) in [7, 11) is -1.86. The molecule has 2 aromatic carbocycles. The van der Waals surface area contributed by atoms with E-state index >= 15 is 0 Å². The SMILES string of the molecule is Cc1cc(OCCCP(O)O)ccc1CCc1cnc2c(N)nc3cc(CCC(=O)O)ccc3c2c1. The van der Waals surface area contributed by atoms with Crippen LogP contribution in [0.1, 0.15) is 35.1 Å². The molecule has 0 aliphatic heterocycles. The van der Waals surface area contributed by atoms with Crippen molar-refractivity contribution in [2.75, 3.05) is 18.5 Å². The number of pyridine rings is 2. The molecule has 2 heterocycles. The van der Waals surface area contributed by atoms with E-state index in [2.05, 4.69) is 29.0 Å². The molecule has 188 valence electrons. The summed E-state index contributed by atoms with van der Waals surface area (Å²) >= 11 is 0. The van der Waals surface area contributed by atoms with Crippen LogP contribution in [0.5, 0.6) is 5.75 Å². The van der Waals surface area contributed by atoms with Gasteiger partial charge in [-0.3, -0.25) is 9.78 Å². The second-order valence-corrected chi connectivity index (χ2v) is 10.1. The van der Waals surface area contributed by atoms with Crippen LogP contribution >= 0.6 is 8.38 Å². The molecule has 0 atom stereocenters. The lowest BCUT2D eigenvalue weighted by atomic mass is 9.99. The first kappa shape index (κ1) is 25.8. The highest BCUT2D eigenvalue weighted by Crippen LogP contribution is 2.29. The molecule has 5 N–H and O–H groups in total. The maximum atomic E-state index is 10.9. The van der Waals surface area contributed by atoms with Gasteiger partial charge in [0.05, 0.1) is 12.1 Å². The molecular formula is C27H30N3O5P. The Balaban J connectivity index is 1.49. The molecule has 9 heteroatoms. The average molecular weight is 508 g/mol. The molecule has 0 fully saturated rings. The van der Waals surface area contributed by atoms with Gasteiger partial charge in [-0.1, -0.05) is 18.2 Å². The zero-order valence-electron chi connectivity index (χ0n) is 20.1. The smallest absolute Gasteiger partial charge is 0.303 e. The number of anilines is 1. The van der Waals surface area contributed by atoms with Crippen molar-refractivity contribution < 1.29 is 24.4 Å². The first-order valence-corrected chi connectivity index (χ1v) is 13.3. The number of nitrogens with zero attached hydrogens (tertiary/aromatic N) is 2. The Morgan fingerprint density at radius 1 is 1.03 bits per heavy atom. The van der Waals surface area contributed by atoms with Crippen molar-refractivity contribution in [1.82, 2.24) is 9.97 Å². The molecule has 0 saturated carbocycles. The molecule has 36 heavy (non-hydrogen) atoms. The lowest BCUT2D eigenvalue weighted by molar-refractivity contribution is -0.136. The van der Waals surface area contributed by atoms with Crippen LogP contribution in [0.25, 0.3) is 21.8 Å². The number of benzene rings is 2. The van der Waals surface area contributed by atoms with Gasteiger partial charge in [0.25, 0.3) is 0 Å². The third-order valence-corrected chi connectivity index (χ3v) is 6.89. The predicted octanol–water partition coefficient (Wildman–Crippen LogP) is 4.54. The van der Waals surface area contributed by atoms with Crippen LogP contribution in [0.3, 0.4) is 0 Å². The van der Waals surface area contributed by atoms with Crippen molar-refractivity contribution in [1.29, 1.82) is 0 Å². The molecule has 0 unspecified atom stereocenters. The maximum absolute atomic E-state index is 10.9. The Morgan fingerprint density at radius 2 is 1.86 bits per heavy atom. The third kappa shape index (κ3) is 6.46. The summed E-state index contributed by atoms with van der Waals surface area (Å²) in [5, 5.41) is 10.8. The summed E-state index contributed by atoms with van der Waals surface area (Å²) in [6, 6.07) is 14.0. The molecule has 0 saturated heterocycles. The van der Waals surface area contributed by atoms with E-state index < -0.39 is 14.3 Å². The van der Waals surface area contributed by atoms with E-state index in [1.807, 2.05) is 36.5 Å². The molecule has 4 aromatic rings. The fourth-order valence-electron chi connectivity index (χ4n) is 4.25. The number of carbonyl (C=O) groups is 1. The number of aromatic nitrogens is 2. The second kappa shape index (κ2) is 11.6. The van der Waals surface area contributed by atoms with E-state index in [0.717, 1.165) is 51.6 Å². The molecule has 2 aromatic heterocycles. The van der Waals surface area contributed by atoms with Gasteiger partial charge in [0.1, 0.15) is 11.3 Å². The number of ether oxygens (including phenoxy) is 1. The molecule has 0 spiro atoms. The van der Waals surface area contributed by atoms with Crippen molar-refractivity contribution in [2.24, 2.45) is 0 Å². The summed E-state index contributed by atoms with van der Waals surface area (Å²) in [5.74, 6) is 0.313. The topological polar surface area (TPSA) is 139 Å². The molecule has 0 bridgehead atoms. The Hall–Kier alpha value is -3.32. The standard InChI is InChI=1S/C27H30N3O5P/c1-17-13-21(35-11-2-12-36(33)34)8-7-20(17)6-3-19-14-23-22-9-4-18(5-10-25(31)32)15-24(22)30-27(28)26(23)29-16-19/h4,7-9,13-16,33-34H,2-3,5-6,10-12H2,1H3,(H2,28,30)(H,31,32). The van der Waals surface area contributed by atoms with E-state index in [1.54, 1.807) is 0 Å². The number of aliphatic carboxylic acids is 1. The Bertz CT molecular complexity index is 1390. The van der Waals surface area contributed by atoms with E-state index in [9.17, 15) is 4.79 Å². The highest BCUT2D eigenvalue weighted by atomic mass is 31.2. The molecular weight excluding hydrogens is 477 g/mol. The van der Waals surface area contributed by atoms with Crippen molar-refractivity contribution >= 4 is 42.0 Å². The van der Waals surface area contributed by atoms with Crippen LogP contribution in [0.2, 0.25) is 0 Å². The molecule has 4 rings (SSSR count). The highest BCUT2D eigenvalue weighted by Gasteiger charge is 2.11. The van der Waals surface area contributed by atoms with Gasteiger partial charge in [0.2, 0.25) is 0 Å². The highest BCUT2D eigenvalue weighted by molar-refractivity contribution is 7.45.